The van der Waals surface area contributed by atoms with Gasteiger partial charge in [-0.3, -0.25) is 29.2 Å². The van der Waals surface area contributed by atoms with E-state index in [0.717, 1.165) is 17.7 Å². The van der Waals surface area contributed by atoms with E-state index in [0.29, 0.717) is 111 Å². The number of piperazine rings is 1. The maximum absolute atomic E-state index is 14.6. The Labute approximate surface area is 450 Å². The second-order valence-electron chi connectivity index (χ2n) is 20.8. The van der Waals surface area contributed by atoms with Gasteiger partial charge in [-0.2, -0.15) is 5.10 Å². The van der Waals surface area contributed by atoms with Crippen LogP contribution in [0.1, 0.15) is 102 Å². The zero-order valence-corrected chi connectivity index (χ0v) is 45.9. The summed E-state index contributed by atoms with van der Waals surface area (Å²) < 4.78 is 46.7. The van der Waals surface area contributed by atoms with Crippen molar-refractivity contribution in [2.75, 3.05) is 76.2 Å². The average molecular weight is 1090 g/mol. The average Bonchev–Trinajstić information content (AvgIpc) is 4.24. The SMILES string of the molecule is CNC(C)C(=O)N[C@H](C(=O)N1CCCC1c1nc(C(=O)c2ccc(F)cc2)cs1)C1CCN(C(=O)c2cnc(N3CCN(CCOc4cc5ncnc(Nc6n[nH]c(C)c6C)c5cc4S(=O)(=O)C(C)(C)C)CC3)cn2)CC1. The summed E-state index contributed by atoms with van der Waals surface area (Å²) in [5, 5.41) is 19.3. The predicted octanol–water partition coefficient (Wildman–Crippen LogP) is 5.41. The smallest absolute Gasteiger partial charge is 0.274 e. The number of benzene rings is 2. The molecule has 4 N–H and O–H groups in total. The molecule has 3 saturated heterocycles. The number of aromatic amines is 1. The number of sulfone groups is 1. The van der Waals surface area contributed by atoms with E-state index < -0.39 is 32.5 Å². The van der Waals surface area contributed by atoms with Crippen LogP contribution in [0.15, 0.2) is 65.4 Å². The van der Waals surface area contributed by atoms with Gasteiger partial charge in [-0.1, -0.05) is 0 Å². The Bertz CT molecular complexity index is 3240. The number of likely N-dealkylation sites (tertiary alicyclic amines) is 2. The van der Waals surface area contributed by atoms with Crippen LogP contribution in [0.25, 0.3) is 10.9 Å². The number of halogens is 1. The molecule has 3 aliphatic heterocycles. The standard InChI is InChI=1S/C53H65FN14O7S2/c1-31-32(2)63-64-47(31)62-48-37-25-43(77(73,74)53(4,5)6)42(26-38(37)58-30-59-48)75-24-23-65-19-21-66(22-20-65)44-28-56-39(27-57-44)51(71)67-17-14-34(15-18-67)45(61-49(70)33(3)55-7)52(72)68-16-8-9-41(68)50-60-40(29-76-50)46(69)35-10-12-36(54)13-11-35/h10-13,25-30,33-34,41,45,55H,8-9,14-24H2,1-7H3,(H,61,70)(H2,58,59,62,63,64)/t33?,41?,45-/m0/s1. The molecule has 0 bridgehead atoms. The third kappa shape index (κ3) is 11.8. The largest absolute Gasteiger partial charge is 0.491 e. The molecule has 24 heteroatoms. The number of likely N-dealkylation sites (N-methyl/N-ethyl adjacent to an activating group) is 1. The highest BCUT2D eigenvalue weighted by molar-refractivity contribution is 7.92. The number of anilines is 3. The number of aromatic nitrogens is 7. The number of H-pyrrole nitrogens is 1. The topological polar surface area (TPSA) is 254 Å². The number of hydrogen-bond donors (Lipinski definition) is 4. The summed E-state index contributed by atoms with van der Waals surface area (Å²) in [6, 6.07) is 6.74. The minimum absolute atomic E-state index is 0.0544. The number of ether oxygens (including phenoxy) is 1. The molecule has 6 aromatic rings. The molecular weight excluding hydrogens is 1030 g/mol. The zero-order valence-electron chi connectivity index (χ0n) is 44.3. The van der Waals surface area contributed by atoms with E-state index in [2.05, 4.69) is 60.9 Å². The number of piperidine rings is 1. The quantitative estimate of drug-likeness (QED) is 0.0833. The number of carbonyl (C=O) groups excluding carboxylic acids is 4. The van der Waals surface area contributed by atoms with Crippen LogP contribution < -0.4 is 25.6 Å². The molecule has 77 heavy (non-hydrogen) atoms. The van der Waals surface area contributed by atoms with Crippen molar-refractivity contribution in [2.45, 2.75) is 95.0 Å². The van der Waals surface area contributed by atoms with Crippen LogP contribution in [0.5, 0.6) is 5.75 Å². The Hall–Kier alpha value is -7.02. The number of nitrogens with zero attached hydrogens (tertiary/aromatic N) is 10. The third-order valence-corrected chi connectivity index (χ3v) is 18.3. The molecule has 3 aliphatic rings. The third-order valence-electron chi connectivity index (χ3n) is 14.9. The van der Waals surface area contributed by atoms with E-state index in [1.54, 1.807) is 68.3 Å². The fraction of sp³-hybridized carbons (Fsp3) is 0.472. The molecule has 21 nitrogen and oxygen atoms in total. The highest BCUT2D eigenvalue weighted by atomic mass is 32.2. The molecule has 0 aliphatic carbocycles. The van der Waals surface area contributed by atoms with E-state index in [1.807, 2.05) is 13.8 Å². The number of hydrogen-bond acceptors (Lipinski definition) is 18. The molecule has 2 unspecified atom stereocenters. The maximum atomic E-state index is 14.6. The molecule has 0 saturated carbocycles. The lowest BCUT2D eigenvalue weighted by Crippen LogP contribution is -2.57. The lowest BCUT2D eigenvalue weighted by Gasteiger charge is -2.38. The van der Waals surface area contributed by atoms with E-state index in [1.165, 1.54) is 48.1 Å². The minimum atomic E-state index is -3.86. The van der Waals surface area contributed by atoms with Crippen molar-refractivity contribution in [2.24, 2.45) is 5.92 Å². The minimum Gasteiger partial charge on any atom is -0.491 e. The van der Waals surface area contributed by atoms with Crippen molar-refractivity contribution >= 4 is 73.0 Å². The van der Waals surface area contributed by atoms with Gasteiger partial charge in [0.2, 0.25) is 17.6 Å². The Morgan fingerprint density at radius 2 is 1.65 bits per heavy atom. The number of amides is 3. The molecular formula is C53H65FN14O7S2. The zero-order chi connectivity index (χ0) is 54.8. The Kier molecular flexibility index (Phi) is 16.3. The van der Waals surface area contributed by atoms with Gasteiger partial charge in [-0.15, -0.1) is 11.3 Å². The Morgan fingerprint density at radius 3 is 2.31 bits per heavy atom. The first-order valence-electron chi connectivity index (χ1n) is 25.9. The fourth-order valence-corrected chi connectivity index (χ4v) is 12.0. The molecule has 0 radical (unpaired) electrons. The molecule has 4 aromatic heterocycles. The summed E-state index contributed by atoms with van der Waals surface area (Å²) in [6.45, 7) is 15.1. The van der Waals surface area contributed by atoms with Crippen LogP contribution in [0.2, 0.25) is 0 Å². The van der Waals surface area contributed by atoms with Crippen molar-refractivity contribution in [3.05, 3.63) is 99.5 Å². The highest BCUT2D eigenvalue weighted by Gasteiger charge is 2.42. The summed E-state index contributed by atoms with van der Waals surface area (Å²) in [4.78, 5) is 85.5. The Morgan fingerprint density at radius 1 is 0.909 bits per heavy atom. The first kappa shape index (κ1) is 54.8. The summed E-state index contributed by atoms with van der Waals surface area (Å²) in [6.07, 6.45) is 6.81. The molecule has 408 valence electrons. The highest BCUT2D eigenvalue weighted by Crippen LogP contribution is 2.39. The number of fused-ring (bicyclic) bond motifs is 1. The summed E-state index contributed by atoms with van der Waals surface area (Å²) in [5.41, 5.74) is 3.07. The van der Waals surface area contributed by atoms with Gasteiger partial charge in [-0.05, 0) is 111 Å². The van der Waals surface area contributed by atoms with Crippen LogP contribution in [0.4, 0.5) is 21.8 Å². The number of thiazole rings is 1. The van der Waals surface area contributed by atoms with Crippen molar-refractivity contribution in [1.82, 2.24) is 60.5 Å². The van der Waals surface area contributed by atoms with Gasteiger partial charge in [-0.25, -0.2) is 37.7 Å². The fourth-order valence-electron chi connectivity index (χ4n) is 9.76. The second-order valence-corrected chi connectivity index (χ2v) is 24.3. The molecule has 3 amide bonds. The molecule has 2 aromatic carbocycles. The van der Waals surface area contributed by atoms with E-state index >= 15 is 0 Å². The molecule has 9 rings (SSSR count). The number of ketones is 1. The van der Waals surface area contributed by atoms with Gasteiger partial charge in [0, 0.05) is 86.0 Å². The van der Waals surface area contributed by atoms with Crippen LogP contribution in [0.3, 0.4) is 0 Å². The van der Waals surface area contributed by atoms with Crippen molar-refractivity contribution in [1.29, 1.82) is 0 Å². The van der Waals surface area contributed by atoms with E-state index in [4.69, 9.17) is 4.74 Å². The summed E-state index contributed by atoms with van der Waals surface area (Å²) in [7, 11) is -2.19. The monoisotopic (exact) mass is 1090 g/mol. The molecule has 0 spiro atoms. The summed E-state index contributed by atoms with van der Waals surface area (Å²) >= 11 is 1.30. The number of rotatable bonds is 17. The van der Waals surface area contributed by atoms with Gasteiger partial charge in [0.15, 0.2) is 15.7 Å². The number of nitrogens with one attached hydrogen (secondary N) is 4. The summed E-state index contributed by atoms with van der Waals surface area (Å²) in [5.74, 6) is -0.000734. The van der Waals surface area contributed by atoms with Crippen LogP contribution in [0, 0.1) is 25.6 Å². The van der Waals surface area contributed by atoms with Gasteiger partial charge >= 0.3 is 0 Å². The van der Waals surface area contributed by atoms with Crippen molar-refractivity contribution in [3.63, 3.8) is 0 Å². The molecule has 7 heterocycles. The normalized spacial score (nSPS) is 17.6. The van der Waals surface area contributed by atoms with Crippen molar-refractivity contribution < 1.29 is 36.7 Å². The van der Waals surface area contributed by atoms with Gasteiger partial charge in [0.1, 0.15) is 63.5 Å². The van der Waals surface area contributed by atoms with E-state index in [-0.39, 0.29) is 64.1 Å². The van der Waals surface area contributed by atoms with Crippen LogP contribution >= 0.6 is 11.3 Å². The molecule has 3 fully saturated rings. The molecule has 3 atom stereocenters. The van der Waals surface area contributed by atoms with Crippen LogP contribution in [-0.2, 0) is 19.4 Å². The lowest BCUT2D eigenvalue weighted by atomic mass is 9.88. The number of carbonyl (C=O) groups is 4. The van der Waals surface area contributed by atoms with Crippen LogP contribution in [-0.4, -0.2) is 165 Å². The first-order valence-corrected chi connectivity index (χ1v) is 28.2. The van der Waals surface area contributed by atoms with Gasteiger partial charge in [0.25, 0.3) is 5.91 Å². The maximum Gasteiger partial charge on any atom is 0.274 e. The van der Waals surface area contributed by atoms with Crippen molar-refractivity contribution in [3.8, 4) is 5.75 Å². The second kappa shape index (κ2) is 22.9. The first-order chi connectivity index (χ1) is 36.8. The number of aryl methyl sites for hydroxylation is 1. The van der Waals surface area contributed by atoms with Gasteiger partial charge < -0.3 is 35.4 Å². The van der Waals surface area contributed by atoms with Gasteiger partial charge in [0.05, 0.1) is 34.7 Å². The predicted molar refractivity (Wildman–Crippen MR) is 289 cm³/mol. The lowest BCUT2D eigenvalue weighted by molar-refractivity contribution is -0.139. The van der Waals surface area contributed by atoms with E-state index in [9.17, 15) is 32.0 Å². The Balaban J connectivity index is 0.787.